The SMILES string of the molecule is Cc1ccc(S(=O)(=O)N(CC(=O)N(Cc2ccc(Cl)cc2)[C@H](Cc2ccccc2)C(=O)NC2CCCC2)c2cc(Cl)cc(Cl)c2)cc1. The number of amides is 2. The Morgan fingerprint density at radius 1 is 0.809 bits per heavy atom. The standard InChI is InChI=1S/C36H36Cl3N3O4S/c1-25-11-17-33(18-12-25)47(45,46)42(32-21-29(38)20-30(39)22-32)24-35(43)41(23-27-13-15-28(37)16-14-27)34(19-26-7-3-2-4-8-26)36(44)40-31-9-5-6-10-31/h2-4,7-8,11-18,20-22,31,34H,5-6,9-10,19,23-24H2,1H3,(H,40,44)/t34-/m1/s1. The Morgan fingerprint density at radius 3 is 2.04 bits per heavy atom. The highest BCUT2D eigenvalue weighted by Gasteiger charge is 2.35. The number of benzene rings is 4. The lowest BCUT2D eigenvalue weighted by Crippen LogP contribution is -2.54. The maximum Gasteiger partial charge on any atom is 0.264 e. The molecule has 4 aromatic carbocycles. The van der Waals surface area contributed by atoms with Crippen molar-refractivity contribution in [1.82, 2.24) is 10.2 Å². The van der Waals surface area contributed by atoms with Crippen LogP contribution in [-0.4, -0.2) is 43.8 Å². The second-order valence-corrected chi connectivity index (χ2v) is 15.0. The first-order valence-electron chi connectivity index (χ1n) is 15.4. The van der Waals surface area contributed by atoms with Gasteiger partial charge in [-0.1, -0.05) is 108 Å². The largest absolute Gasteiger partial charge is 0.352 e. The molecule has 1 saturated carbocycles. The number of anilines is 1. The zero-order valence-electron chi connectivity index (χ0n) is 25.9. The van der Waals surface area contributed by atoms with E-state index in [1.165, 1.54) is 35.2 Å². The van der Waals surface area contributed by atoms with Crippen LogP contribution in [0.1, 0.15) is 42.4 Å². The predicted octanol–water partition coefficient (Wildman–Crippen LogP) is 7.85. The van der Waals surface area contributed by atoms with Gasteiger partial charge in [-0.25, -0.2) is 8.42 Å². The highest BCUT2D eigenvalue weighted by Crippen LogP contribution is 2.31. The van der Waals surface area contributed by atoms with Crippen LogP contribution in [0.5, 0.6) is 0 Å². The fraction of sp³-hybridized carbons (Fsp3) is 0.278. The summed E-state index contributed by atoms with van der Waals surface area (Å²) in [7, 11) is -4.28. The van der Waals surface area contributed by atoms with Crippen LogP contribution in [-0.2, 0) is 32.6 Å². The van der Waals surface area contributed by atoms with Crippen molar-refractivity contribution in [2.45, 2.75) is 62.6 Å². The summed E-state index contributed by atoms with van der Waals surface area (Å²) in [5.41, 5.74) is 2.59. The molecule has 0 spiro atoms. The average Bonchev–Trinajstić information content (AvgIpc) is 3.55. The third-order valence-electron chi connectivity index (χ3n) is 8.26. The molecule has 0 bridgehead atoms. The van der Waals surface area contributed by atoms with E-state index in [-0.39, 0.29) is 45.5 Å². The van der Waals surface area contributed by atoms with Gasteiger partial charge in [0.25, 0.3) is 10.0 Å². The van der Waals surface area contributed by atoms with Gasteiger partial charge < -0.3 is 10.2 Å². The van der Waals surface area contributed by atoms with Crippen molar-refractivity contribution in [2.75, 3.05) is 10.8 Å². The van der Waals surface area contributed by atoms with Gasteiger partial charge in [-0.2, -0.15) is 0 Å². The van der Waals surface area contributed by atoms with Crippen molar-refractivity contribution < 1.29 is 18.0 Å². The number of nitrogens with zero attached hydrogens (tertiary/aromatic N) is 2. The molecule has 0 aromatic heterocycles. The van der Waals surface area contributed by atoms with Gasteiger partial charge in [-0.15, -0.1) is 0 Å². The molecule has 0 saturated heterocycles. The molecule has 4 aromatic rings. The molecule has 0 radical (unpaired) electrons. The summed E-state index contributed by atoms with van der Waals surface area (Å²) in [4.78, 5) is 30.2. The van der Waals surface area contributed by atoms with Gasteiger partial charge in [-0.05, 0) is 73.4 Å². The van der Waals surface area contributed by atoms with E-state index >= 15 is 0 Å². The molecule has 1 N–H and O–H groups in total. The molecule has 47 heavy (non-hydrogen) atoms. The Bertz CT molecular complexity index is 1780. The first kappa shape index (κ1) is 34.8. The Hall–Kier alpha value is -3.56. The Morgan fingerprint density at radius 2 is 1.43 bits per heavy atom. The van der Waals surface area contributed by atoms with Gasteiger partial charge in [0.2, 0.25) is 11.8 Å². The van der Waals surface area contributed by atoms with Crippen molar-refractivity contribution >= 4 is 62.3 Å². The minimum Gasteiger partial charge on any atom is -0.352 e. The van der Waals surface area contributed by atoms with Crippen LogP contribution >= 0.6 is 34.8 Å². The molecule has 7 nitrogen and oxygen atoms in total. The minimum absolute atomic E-state index is 0.00365. The van der Waals surface area contributed by atoms with Crippen molar-refractivity contribution in [3.63, 3.8) is 0 Å². The summed E-state index contributed by atoms with van der Waals surface area (Å²) in [5, 5.41) is 4.11. The monoisotopic (exact) mass is 711 g/mol. The minimum atomic E-state index is -4.28. The van der Waals surface area contributed by atoms with E-state index < -0.39 is 28.5 Å². The molecule has 0 unspecified atom stereocenters. The number of nitrogens with one attached hydrogen (secondary N) is 1. The van der Waals surface area contributed by atoms with E-state index in [2.05, 4.69) is 5.32 Å². The lowest BCUT2D eigenvalue weighted by atomic mass is 10.0. The maximum absolute atomic E-state index is 14.6. The van der Waals surface area contributed by atoms with Crippen LogP contribution in [0.2, 0.25) is 15.1 Å². The lowest BCUT2D eigenvalue weighted by Gasteiger charge is -2.34. The number of carbonyl (C=O) groups is 2. The number of carbonyl (C=O) groups excluding carboxylic acids is 2. The first-order chi connectivity index (χ1) is 22.5. The van der Waals surface area contributed by atoms with E-state index in [1.54, 1.807) is 36.4 Å². The number of halogens is 3. The highest BCUT2D eigenvalue weighted by atomic mass is 35.5. The quantitative estimate of drug-likeness (QED) is 0.162. The number of hydrogen-bond acceptors (Lipinski definition) is 4. The molecule has 0 aliphatic heterocycles. The van der Waals surface area contributed by atoms with Crippen molar-refractivity contribution in [3.05, 3.63) is 129 Å². The van der Waals surface area contributed by atoms with Crippen LogP contribution in [0, 0.1) is 6.92 Å². The second-order valence-electron chi connectivity index (χ2n) is 11.8. The fourth-order valence-corrected chi connectivity index (χ4v) is 7.80. The van der Waals surface area contributed by atoms with Crippen LogP contribution < -0.4 is 9.62 Å². The normalized spacial score (nSPS) is 14.0. The van der Waals surface area contributed by atoms with Gasteiger partial charge in [0.05, 0.1) is 10.6 Å². The average molecular weight is 713 g/mol. The van der Waals surface area contributed by atoms with E-state index in [1.807, 2.05) is 37.3 Å². The zero-order chi connectivity index (χ0) is 33.6. The molecule has 1 aliphatic carbocycles. The molecule has 1 aliphatic rings. The van der Waals surface area contributed by atoms with E-state index in [0.717, 1.165) is 46.7 Å². The maximum atomic E-state index is 14.6. The Balaban J connectivity index is 1.58. The summed E-state index contributed by atoms with van der Waals surface area (Å²) in [6.07, 6.45) is 4.01. The smallest absolute Gasteiger partial charge is 0.264 e. The van der Waals surface area contributed by atoms with Gasteiger partial charge >= 0.3 is 0 Å². The van der Waals surface area contributed by atoms with Gasteiger partial charge in [0, 0.05) is 34.1 Å². The predicted molar refractivity (Wildman–Crippen MR) is 189 cm³/mol. The lowest BCUT2D eigenvalue weighted by molar-refractivity contribution is -0.140. The van der Waals surface area contributed by atoms with E-state index in [4.69, 9.17) is 34.8 Å². The summed E-state index contributed by atoms with van der Waals surface area (Å²) in [5.74, 6) is -0.865. The van der Waals surface area contributed by atoms with Gasteiger partial charge in [-0.3, -0.25) is 13.9 Å². The molecular formula is C36H36Cl3N3O4S. The molecule has 2 amide bonds. The fourth-order valence-electron chi connectivity index (χ4n) is 5.76. The van der Waals surface area contributed by atoms with Crippen LogP contribution in [0.4, 0.5) is 5.69 Å². The first-order valence-corrected chi connectivity index (χ1v) is 18.0. The number of aryl methyl sites for hydroxylation is 1. The molecule has 5 rings (SSSR count). The van der Waals surface area contributed by atoms with E-state index in [9.17, 15) is 18.0 Å². The summed E-state index contributed by atoms with van der Waals surface area (Å²) in [6.45, 7) is 1.29. The molecule has 1 atom stereocenters. The number of sulfonamides is 1. The Kier molecular flexibility index (Phi) is 11.5. The molecule has 0 heterocycles. The summed E-state index contributed by atoms with van der Waals surface area (Å²) in [6, 6.07) is 26.3. The van der Waals surface area contributed by atoms with Crippen molar-refractivity contribution in [3.8, 4) is 0 Å². The summed E-state index contributed by atoms with van der Waals surface area (Å²) < 4.78 is 29.4. The highest BCUT2D eigenvalue weighted by molar-refractivity contribution is 7.92. The van der Waals surface area contributed by atoms with Crippen molar-refractivity contribution in [2.24, 2.45) is 0 Å². The Labute approximate surface area is 291 Å². The second kappa shape index (κ2) is 15.6. The number of rotatable bonds is 12. The van der Waals surface area contributed by atoms with Gasteiger partial charge in [0.15, 0.2) is 0 Å². The third-order valence-corrected chi connectivity index (χ3v) is 10.7. The molecule has 246 valence electrons. The van der Waals surface area contributed by atoms with Crippen molar-refractivity contribution in [1.29, 1.82) is 0 Å². The molecule has 1 fully saturated rings. The molecule has 11 heteroatoms. The van der Waals surface area contributed by atoms with Gasteiger partial charge in [0.1, 0.15) is 12.6 Å². The van der Waals surface area contributed by atoms with Crippen LogP contribution in [0.15, 0.2) is 102 Å². The molecular weight excluding hydrogens is 677 g/mol. The zero-order valence-corrected chi connectivity index (χ0v) is 29.0. The van der Waals surface area contributed by atoms with Crippen LogP contribution in [0.3, 0.4) is 0 Å². The topological polar surface area (TPSA) is 86.8 Å². The third kappa shape index (κ3) is 9.08. The van der Waals surface area contributed by atoms with E-state index in [0.29, 0.717) is 5.02 Å². The summed E-state index contributed by atoms with van der Waals surface area (Å²) >= 11 is 18.8. The van der Waals surface area contributed by atoms with Crippen LogP contribution in [0.25, 0.3) is 0 Å². The number of hydrogen-bond donors (Lipinski definition) is 1.